The van der Waals surface area contributed by atoms with Gasteiger partial charge in [-0.1, -0.05) is 36.0 Å². The molecule has 31 heavy (non-hydrogen) atoms. The Balaban J connectivity index is 1.64. The number of halogens is 2. The molecule has 0 spiro atoms. The molecule has 1 N–H and O–H groups in total. The third-order valence-electron chi connectivity index (χ3n) is 6.24. The first kappa shape index (κ1) is 24.4. The van der Waals surface area contributed by atoms with Crippen LogP contribution in [0.5, 0.6) is 0 Å². The Morgan fingerprint density at radius 3 is 2.26 bits per heavy atom. The molecule has 2 aromatic rings. The third-order valence-corrected chi connectivity index (χ3v) is 8.51. The minimum absolute atomic E-state index is 0.0893. The lowest BCUT2D eigenvalue weighted by molar-refractivity contribution is 0.210. The van der Waals surface area contributed by atoms with Crippen molar-refractivity contribution >= 4 is 38.9 Å². The van der Waals surface area contributed by atoms with E-state index in [1.807, 2.05) is 0 Å². The van der Waals surface area contributed by atoms with Crippen LogP contribution in [0.3, 0.4) is 0 Å². The zero-order valence-corrected chi connectivity index (χ0v) is 21.0. The van der Waals surface area contributed by atoms with E-state index >= 15 is 0 Å². The number of aromatic nitrogens is 2. The maximum atomic E-state index is 13.0. The second kappa shape index (κ2) is 10.1. The van der Waals surface area contributed by atoms with Crippen LogP contribution < -0.4 is 4.72 Å². The molecule has 1 aliphatic rings. The Kier molecular flexibility index (Phi) is 7.95. The molecule has 1 fully saturated rings. The van der Waals surface area contributed by atoms with Crippen molar-refractivity contribution in [2.75, 3.05) is 24.9 Å². The SMILES string of the molecule is Cc1nn(C)c(C)c1NS(=O)(=O)c1c(Cl)cc(CCCCC2CCN(C)CC2)cc1Cl. The van der Waals surface area contributed by atoms with Crippen molar-refractivity contribution in [3.63, 3.8) is 0 Å². The summed E-state index contributed by atoms with van der Waals surface area (Å²) in [5.74, 6) is 0.821. The van der Waals surface area contributed by atoms with E-state index in [9.17, 15) is 8.42 Å². The van der Waals surface area contributed by atoms with E-state index < -0.39 is 10.0 Å². The minimum Gasteiger partial charge on any atom is -0.306 e. The highest BCUT2D eigenvalue weighted by atomic mass is 35.5. The van der Waals surface area contributed by atoms with Crippen molar-refractivity contribution in [2.24, 2.45) is 13.0 Å². The van der Waals surface area contributed by atoms with Gasteiger partial charge in [0.2, 0.25) is 0 Å². The summed E-state index contributed by atoms with van der Waals surface area (Å²) in [6.07, 6.45) is 6.84. The maximum absolute atomic E-state index is 13.0. The van der Waals surface area contributed by atoms with Gasteiger partial charge in [-0.3, -0.25) is 9.40 Å². The lowest BCUT2D eigenvalue weighted by atomic mass is 9.91. The Labute approximate surface area is 196 Å². The third kappa shape index (κ3) is 5.95. The zero-order chi connectivity index (χ0) is 22.8. The first-order valence-electron chi connectivity index (χ1n) is 10.8. The summed E-state index contributed by atoms with van der Waals surface area (Å²) in [5, 5.41) is 4.53. The van der Waals surface area contributed by atoms with Crippen molar-refractivity contribution in [2.45, 2.75) is 57.3 Å². The van der Waals surface area contributed by atoms with Crippen molar-refractivity contribution < 1.29 is 8.42 Å². The summed E-state index contributed by atoms with van der Waals surface area (Å²) in [7, 11) is 0.00966. The second-order valence-corrected chi connectivity index (χ2v) is 11.1. The van der Waals surface area contributed by atoms with Crippen LogP contribution >= 0.6 is 23.2 Å². The molecular weight excluding hydrogens is 455 g/mol. The lowest BCUT2D eigenvalue weighted by Crippen LogP contribution is -2.30. The number of piperidine rings is 1. The fraction of sp³-hybridized carbons (Fsp3) is 0.591. The summed E-state index contributed by atoms with van der Waals surface area (Å²) in [4.78, 5) is 2.30. The Bertz CT molecular complexity index is 1010. The molecule has 172 valence electrons. The molecule has 1 aromatic carbocycles. The van der Waals surface area contributed by atoms with Gasteiger partial charge in [-0.25, -0.2) is 8.42 Å². The number of rotatable bonds is 8. The summed E-state index contributed by atoms with van der Waals surface area (Å²) in [6, 6.07) is 3.45. The van der Waals surface area contributed by atoms with Crippen LogP contribution in [0.25, 0.3) is 0 Å². The highest BCUT2D eigenvalue weighted by molar-refractivity contribution is 7.93. The first-order chi connectivity index (χ1) is 14.6. The van der Waals surface area contributed by atoms with Gasteiger partial charge >= 0.3 is 0 Å². The van der Waals surface area contributed by atoms with E-state index in [1.54, 1.807) is 37.7 Å². The molecule has 9 heteroatoms. The molecule has 0 atom stereocenters. The van der Waals surface area contributed by atoms with E-state index in [0.29, 0.717) is 11.4 Å². The molecular formula is C22H32Cl2N4O2S. The standard InChI is InChI=1S/C22H32Cl2N4O2S/c1-15-21(16(2)28(4)25-15)26-31(29,30)22-19(23)13-18(14-20(22)24)8-6-5-7-17-9-11-27(3)12-10-17/h13-14,17,26H,5-12H2,1-4H3. The molecule has 1 aliphatic heterocycles. The van der Waals surface area contributed by atoms with Crippen LogP contribution in [0.1, 0.15) is 49.1 Å². The minimum atomic E-state index is -3.94. The first-order valence-corrected chi connectivity index (χ1v) is 13.0. The number of unbranched alkanes of at least 4 members (excludes halogenated alkanes) is 1. The van der Waals surface area contributed by atoms with Gasteiger partial charge in [0.1, 0.15) is 4.90 Å². The molecule has 0 saturated carbocycles. The predicted molar refractivity (Wildman–Crippen MR) is 128 cm³/mol. The monoisotopic (exact) mass is 486 g/mol. The highest BCUT2D eigenvalue weighted by Crippen LogP contribution is 2.34. The van der Waals surface area contributed by atoms with Gasteiger partial charge in [0.05, 0.1) is 27.1 Å². The lowest BCUT2D eigenvalue weighted by Gasteiger charge is -2.28. The molecule has 2 heterocycles. The summed E-state index contributed by atoms with van der Waals surface area (Å²) >= 11 is 12.8. The van der Waals surface area contributed by atoms with Crippen molar-refractivity contribution in [1.82, 2.24) is 14.7 Å². The van der Waals surface area contributed by atoms with Crippen LogP contribution in [0.2, 0.25) is 10.0 Å². The molecule has 3 rings (SSSR count). The number of hydrogen-bond acceptors (Lipinski definition) is 4. The second-order valence-electron chi connectivity index (χ2n) is 8.66. The molecule has 0 radical (unpaired) electrons. The quantitative estimate of drug-likeness (QED) is 0.520. The Morgan fingerprint density at radius 2 is 1.71 bits per heavy atom. The number of anilines is 1. The summed E-state index contributed by atoms with van der Waals surface area (Å²) in [5.41, 5.74) is 2.73. The fourth-order valence-corrected chi connectivity index (χ4v) is 6.67. The van der Waals surface area contributed by atoms with E-state index in [4.69, 9.17) is 23.2 Å². The Hall–Kier alpha value is -1.28. The van der Waals surface area contributed by atoms with E-state index in [0.717, 1.165) is 36.4 Å². The number of hydrogen-bond donors (Lipinski definition) is 1. The van der Waals surface area contributed by atoms with Gasteiger partial charge in [-0.05, 0) is 83.3 Å². The Morgan fingerprint density at radius 1 is 1.10 bits per heavy atom. The number of nitrogens with one attached hydrogen (secondary N) is 1. The van der Waals surface area contributed by atoms with Crippen LogP contribution in [-0.4, -0.2) is 43.2 Å². The average molecular weight is 487 g/mol. The number of likely N-dealkylation sites (tertiary alicyclic amines) is 1. The number of benzene rings is 1. The normalized spacial score (nSPS) is 16.1. The molecule has 1 saturated heterocycles. The molecule has 0 unspecified atom stereocenters. The van der Waals surface area contributed by atoms with Crippen molar-refractivity contribution in [1.29, 1.82) is 0 Å². The predicted octanol–water partition coefficient (Wildman–Crippen LogP) is 5.20. The van der Waals surface area contributed by atoms with Gasteiger partial charge in [0, 0.05) is 7.05 Å². The van der Waals surface area contributed by atoms with Gasteiger partial charge in [0.25, 0.3) is 10.0 Å². The molecule has 0 bridgehead atoms. The van der Waals surface area contributed by atoms with Crippen LogP contribution in [0, 0.1) is 19.8 Å². The highest BCUT2D eigenvalue weighted by Gasteiger charge is 2.25. The number of sulfonamides is 1. The van der Waals surface area contributed by atoms with Crippen LogP contribution in [-0.2, 0) is 23.5 Å². The van der Waals surface area contributed by atoms with E-state index in [1.165, 1.54) is 32.4 Å². The van der Waals surface area contributed by atoms with Crippen molar-refractivity contribution in [3.05, 3.63) is 39.1 Å². The van der Waals surface area contributed by atoms with Crippen molar-refractivity contribution in [3.8, 4) is 0 Å². The van der Waals surface area contributed by atoms with E-state index in [-0.39, 0.29) is 14.9 Å². The molecule has 0 aliphatic carbocycles. The van der Waals surface area contributed by atoms with Crippen LogP contribution in [0.15, 0.2) is 17.0 Å². The fourth-order valence-electron chi connectivity index (χ4n) is 4.23. The van der Waals surface area contributed by atoms with Gasteiger partial charge < -0.3 is 4.90 Å². The van der Waals surface area contributed by atoms with Gasteiger partial charge in [-0.2, -0.15) is 5.10 Å². The topological polar surface area (TPSA) is 67.2 Å². The van der Waals surface area contributed by atoms with Crippen LogP contribution in [0.4, 0.5) is 5.69 Å². The summed E-state index contributed by atoms with van der Waals surface area (Å²) in [6.45, 7) is 5.94. The average Bonchev–Trinajstić information content (AvgIpc) is 2.91. The van der Waals surface area contributed by atoms with Gasteiger partial charge in [-0.15, -0.1) is 0 Å². The maximum Gasteiger partial charge on any atom is 0.264 e. The van der Waals surface area contributed by atoms with Gasteiger partial charge in [0.15, 0.2) is 0 Å². The molecule has 1 aromatic heterocycles. The number of nitrogens with zero attached hydrogens (tertiary/aromatic N) is 3. The molecule has 0 amide bonds. The molecule has 6 nitrogen and oxygen atoms in total. The largest absolute Gasteiger partial charge is 0.306 e. The zero-order valence-electron chi connectivity index (χ0n) is 18.7. The summed E-state index contributed by atoms with van der Waals surface area (Å²) < 4.78 is 30.2. The van der Waals surface area contributed by atoms with E-state index in [2.05, 4.69) is 21.8 Å². The smallest absolute Gasteiger partial charge is 0.264 e. The number of aryl methyl sites for hydroxylation is 3.